The number of hydrogen-bond acceptors (Lipinski definition) is 3. The molecule has 1 fully saturated rings. The van der Waals surface area contributed by atoms with Crippen LogP contribution >= 0.6 is 15.9 Å². The first kappa shape index (κ1) is 12.8. The van der Waals surface area contributed by atoms with Crippen LogP contribution in [0.1, 0.15) is 31.2 Å². The third-order valence-electron chi connectivity index (χ3n) is 3.62. The summed E-state index contributed by atoms with van der Waals surface area (Å²) >= 11 is 3.59. The lowest BCUT2D eigenvalue weighted by Crippen LogP contribution is -2.37. The summed E-state index contributed by atoms with van der Waals surface area (Å²) in [7, 11) is 0. The lowest BCUT2D eigenvalue weighted by molar-refractivity contribution is 0.332. The number of anilines is 1. The molecule has 1 aromatic rings. The van der Waals surface area contributed by atoms with Crippen LogP contribution in [0.5, 0.6) is 0 Å². The van der Waals surface area contributed by atoms with E-state index in [-0.39, 0.29) is 0 Å². The molecule has 1 heterocycles. The highest BCUT2D eigenvalue weighted by atomic mass is 79.9. The van der Waals surface area contributed by atoms with E-state index in [1.807, 2.05) is 12.3 Å². The number of halogens is 1. The number of nitrogens with one attached hydrogen (secondary N) is 1. The zero-order chi connectivity index (χ0) is 12.3. The van der Waals surface area contributed by atoms with Gasteiger partial charge in [0.25, 0.3) is 0 Å². The van der Waals surface area contributed by atoms with E-state index in [0.717, 1.165) is 16.8 Å². The fourth-order valence-electron chi connectivity index (χ4n) is 2.50. The number of rotatable bonds is 3. The summed E-state index contributed by atoms with van der Waals surface area (Å²) in [6.45, 7) is 2.85. The number of aromatic nitrogens is 1. The van der Waals surface area contributed by atoms with Crippen LogP contribution in [0.4, 0.5) is 5.82 Å². The SMILES string of the molecule is Cc1ccnc(NC2CCCCC2CN)c1Br. The Morgan fingerprint density at radius 3 is 3.00 bits per heavy atom. The molecule has 0 aliphatic heterocycles. The van der Waals surface area contributed by atoms with Crippen molar-refractivity contribution >= 4 is 21.7 Å². The van der Waals surface area contributed by atoms with E-state index in [2.05, 4.69) is 33.2 Å². The summed E-state index contributed by atoms with van der Waals surface area (Å²) in [5, 5.41) is 3.55. The van der Waals surface area contributed by atoms with E-state index < -0.39 is 0 Å². The number of nitrogens with two attached hydrogens (primary N) is 1. The topological polar surface area (TPSA) is 50.9 Å². The van der Waals surface area contributed by atoms with E-state index in [0.29, 0.717) is 12.0 Å². The van der Waals surface area contributed by atoms with E-state index in [1.165, 1.54) is 31.2 Å². The minimum absolute atomic E-state index is 0.472. The first-order chi connectivity index (χ1) is 8.22. The van der Waals surface area contributed by atoms with Crippen molar-refractivity contribution in [2.24, 2.45) is 11.7 Å². The van der Waals surface area contributed by atoms with Crippen molar-refractivity contribution in [2.45, 2.75) is 38.6 Å². The van der Waals surface area contributed by atoms with Crippen molar-refractivity contribution in [2.75, 3.05) is 11.9 Å². The lowest BCUT2D eigenvalue weighted by Gasteiger charge is -2.32. The quantitative estimate of drug-likeness (QED) is 0.901. The molecule has 2 atom stereocenters. The minimum Gasteiger partial charge on any atom is -0.366 e. The van der Waals surface area contributed by atoms with Gasteiger partial charge in [0.15, 0.2) is 0 Å². The molecular formula is C13H20BrN3. The third kappa shape index (κ3) is 2.99. The average molecular weight is 298 g/mol. The molecule has 1 aromatic heterocycles. The van der Waals surface area contributed by atoms with Gasteiger partial charge in [-0.05, 0) is 59.8 Å². The van der Waals surface area contributed by atoms with Crippen LogP contribution in [0.2, 0.25) is 0 Å². The molecule has 1 aliphatic rings. The van der Waals surface area contributed by atoms with Gasteiger partial charge in [0, 0.05) is 12.2 Å². The molecule has 1 aliphatic carbocycles. The Morgan fingerprint density at radius 2 is 2.24 bits per heavy atom. The first-order valence-corrected chi connectivity index (χ1v) is 7.09. The summed E-state index contributed by atoms with van der Waals surface area (Å²) < 4.78 is 1.07. The average Bonchev–Trinajstić information content (AvgIpc) is 2.35. The van der Waals surface area contributed by atoms with E-state index >= 15 is 0 Å². The molecule has 3 N–H and O–H groups in total. The number of nitrogens with zero attached hydrogens (tertiary/aromatic N) is 1. The molecule has 0 bridgehead atoms. The second-order valence-electron chi connectivity index (χ2n) is 4.82. The summed E-state index contributed by atoms with van der Waals surface area (Å²) in [6, 6.07) is 2.48. The van der Waals surface area contributed by atoms with Gasteiger partial charge in [-0.1, -0.05) is 12.8 Å². The van der Waals surface area contributed by atoms with E-state index in [4.69, 9.17) is 5.73 Å². The fourth-order valence-corrected chi connectivity index (χ4v) is 2.85. The monoisotopic (exact) mass is 297 g/mol. The molecule has 0 saturated heterocycles. The van der Waals surface area contributed by atoms with Crippen LogP contribution in [0.3, 0.4) is 0 Å². The van der Waals surface area contributed by atoms with Crippen LogP contribution in [0, 0.1) is 12.8 Å². The Balaban J connectivity index is 2.11. The molecule has 3 nitrogen and oxygen atoms in total. The summed E-state index contributed by atoms with van der Waals surface area (Å²) in [6.07, 6.45) is 6.88. The van der Waals surface area contributed by atoms with Gasteiger partial charge in [-0.2, -0.15) is 0 Å². The lowest BCUT2D eigenvalue weighted by atomic mass is 9.84. The largest absolute Gasteiger partial charge is 0.366 e. The molecular weight excluding hydrogens is 278 g/mol. The smallest absolute Gasteiger partial charge is 0.140 e. The van der Waals surface area contributed by atoms with Crippen molar-refractivity contribution in [3.63, 3.8) is 0 Å². The maximum absolute atomic E-state index is 5.84. The van der Waals surface area contributed by atoms with E-state index in [9.17, 15) is 0 Å². The second-order valence-corrected chi connectivity index (χ2v) is 5.61. The van der Waals surface area contributed by atoms with Gasteiger partial charge >= 0.3 is 0 Å². The van der Waals surface area contributed by atoms with Crippen LogP contribution in [-0.4, -0.2) is 17.6 Å². The maximum Gasteiger partial charge on any atom is 0.140 e. The van der Waals surface area contributed by atoms with Crippen molar-refractivity contribution in [3.8, 4) is 0 Å². The minimum atomic E-state index is 0.472. The fraction of sp³-hybridized carbons (Fsp3) is 0.615. The molecule has 4 heteroatoms. The molecule has 2 unspecified atom stereocenters. The predicted molar refractivity (Wildman–Crippen MR) is 75.1 cm³/mol. The Labute approximate surface area is 111 Å². The van der Waals surface area contributed by atoms with Gasteiger partial charge in [0.1, 0.15) is 5.82 Å². The van der Waals surface area contributed by atoms with Crippen LogP contribution < -0.4 is 11.1 Å². The Kier molecular flexibility index (Phi) is 4.40. The normalized spacial score (nSPS) is 24.6. The van der Waals surface area contributed by atoms with Gasteiger partial charge in [0.2, 0.25) is 0 Å². The van der Waals surface area contributed by atoms with Gasteiger partial charge in [-0.25, -0.2) is 4.98 Å². The Bertz CT molecular complexity index is 381. The molecule has 0 amide bonds. The standard InChI is InChI=1S/C13H20BrN3/c1-9-6-7-16-13(12(9)14)17-11-5-3-2-4-10(11)8-15/h6-7,10-11H,2-5,8,15H2,1H3,(H,16,17). The molecule has 0 aromatic carbocycles. The van der Waals surface area contributed by atoms with Crippen LogP contribution in [-0.2, 0) is 0 Å². The summed E-state index contributed by atoms with van der Waals surface area (Å²) in [4.78, 5) is 4.40. The molecule has 1 saturated carbocycles. The van der Waals surface area contributed by atoms with Gasteiger partial charge in [0.05, 0.1) is 4.47 Å². The zero-order valence-corrected chi connectivity index (χ0v) is 11.8. The number of hydrogen-bond donors (Lipinski definition) is 2. The molecule has 94 valence electrons. The highest BCUT2D eigenvalue weighted by Gasteiger charge is 2.24. The van der Waals surface area contributed by atoms with Gasteiger partial charge in [-0.15, -0.1) is 0 Å². The molecule has 0 spiro atoms. The molecule has 17 heavy (non-hydrogen) atoms. The predicted octanol–water partition coefficient (Wildman–Crippen LogP) is 3.08. The molecule has 0 radical (unpaired) electrons. The van der Waals surface area contributed by atoms with Crippen LogP contribution in [0.15, 0.2) is 16.7 Å². The summed E-state index contributed by atoms with van der Waals surface area (Å²) in [5.41, 5.74) is 7.05. The number of pyridine rings is 1. The second kappa shape index (κ2) is 5.83. The zero-order valence-electron chi connectivity index (χ0n) is 10.2. The highest BCUT2D eigenvalue weighted by molar-refractivity contribution is 9.10. The van der Waals surface area contributed by atoms with Crippen LogP contribution in [0.25, 0.3) is 0 Å². The maximum atomic E-state index is 5.84. The number of aryl methyl sites for hydroxylation is 1. The molecule has 2 rings (SSSR count). The van der Waals surface area contributed by atoms with Crippen molar-refractivity contribution in [3.05, 3.63) is 22.3 Å². The van der Waals surface area contributed by atoms with Gasteiger partial charge in [-0.3, -0.25) is 0 Å². The Hall–Kier alpha value is -0.610. The summed E-state index contributed by atoms with van der Waals surface area (Å²) in [5.74, 6) is 1.54. The van der Waals surface area contributed by atoms with Gasteiger partial charge < -0.3 is 11.1 Å². The van der Waals surface area contributed by atoms with Crippen molar-refractivity contribution in [1.82, 2.24) is 4.98 Å². The first-order valence-electron chi connectivity index (χ1n) is 6.30. The van der Waals surface area contributed by atoms with E-state index in [1.54, 1.807) is 0 Å². The Morgan fingerprint density at radius 1 is 1.47 bits per heavy atom. The van der Waals surface area contributed by atoms with Crippen molar-refractivity contribution in [1.29, 1.82) is 0 Å². The third-order valence-corrected chi connectivity index (χ3v) is 4.62. The van der Waals surface area contributed by atoms with Crippen molar-refractivity contribution < 1.29 is 0 Å². The highest BCUT2D eigenvalue weighted by Crippen LogP contribution is 2.29.